The van der Waals surface area contributed by atoms with Crippen molar-refractivity contribution in [2.75, 3.05) is 0 Å². The van der Waals surface area contributed by atoms with Gasteiger partial charge in [0, 0.05) is 5.41 Å². The van der Waals surface area contributed by atoms with Crippen LogP contribution in [0.3, 0.4) is 0 Å². The van der Waals surface area contributed by atoms with Gasteiger partial charge in [0.15, 0.2) is 5.82 Å². The Morgan fingerprint density at radius 1 is 1.44 bits per heavy atom. The highest BCUT2D eigenvalue weighted by Crippen LogP contribution is 2.18. The number of carbonyl (C=O) groups excluding carboxylic acids is 2. The molecule has 0 saturated heterocycles. The summed E-state index contributed by atoms with van der Waals surface area (Å²) >= 11 is 0. The van der Waals surface area contributed by atoms with Gasteiger partial charge in [0.2, 0.25) is 5.91 Å². The van der Waals surface area contributed by atoms with Crippen molar-refractivity contribution in [3.05, 3.63) is 5.82 Å². The van der Waals surface area contributed by atoms with Crippen molar-refractivity contribution in [1.29, 1.82) is 0 Å². The van der Waals surface area contributed by atoms with Crippen LogP contribution in [0, 0.1) is 0 Å². The number of nitrogens with zero attached hydrogens (tertiary/aromatic N) is 4. The Bertz CT molecular complexity index is 405. The van der Waals surface area contributed by atoms with Crippen molar-refractivity contribution in [2.45, 2.75) is 32.7 Å². The van der Waals surface area contributed by atoms with Gasteiger partial charge in [-0.25, -0.2) is 9.48 Å². The molecule has 1 rings (SSSR count). The van der Waals surface area contributed by atoms with E-state index in [4.69, 9.17) is 5.73 Å². The number of nitrogens with one attached hydrogen (secondary N) is 1. The van der Waals surface area contributed by atoms with E-state index < -0.39 is 11.9 Å². The maximum atomic E-state index is 11.3. The predicted molar refractivity (Wildman–Crippen MR) is 54.2 cm³/mol. The van der Waals surface area contributed by atoms with Crippen LogP contribution < -0.4 is 11.1 Å². The summed E-state index contributed by atoms with van der Waals surface area (Å²) in [5.74, 6) is 0.0115. The van der Waals surface area contributed by atoms with E-state index in [0.717, 1.165) is 0 Å². The van der Waals surface area contributed by atoms with Crippen LogP contribution in [0.25, 0.3) is 0 Å². The van der Waals surface area contributed by atoms with E-state index in [1.807, 2.05) is 26.1 Å². The van der Waals surface area contributed by atoms with Crippen molar-refractivity contribution in [2.24, 2.45) is 5.73 Å². The number of imide groups is 1. The van der Waals surface area contributed by atoms with Crippen LogP contribution in [0.5, 0.6) is 0 Å². The summed E-state index contributed by atoms with van der Waals surface area (Å²) < 4.78 is 1.33. The first-order valence-corrected chi connectivity index (χ1v) is 4.66. The highest BCUT2D eigenvalue weighted by atomic mass is 16.2. The zero-order valence-electron chi connectivity index (χ0n) is 9.39. The van der Waals surface area contributed by atoms with E-state index in [-0.39, 0.29) is 12.0 Å². The lowest BCUT2D eigenvalue weighted by atomic mass is 9.96. The molecule has 0 aliphatic heterocycles. The number of tetrazole rings is 1. The van der Waals surface area contributed by atoms with Gasteiger partial charge >= 0.3 is 6.03 Å². The lowest BCUT2D eigenvalue weighted by Crippen LogP contribution is -2.38. The Hall–Kier alpha value is -1.99. The van der Waals surface area contributed by atoms with Crippen molar-refractivity contribution < 1.29 is 9.59 Å². The van der Waals surface area contributed by atoms with Gasteiger partial charge in [-0.2, -0.15) is 0 Å². The Morgan fingerprint density at radius 2 is 2.06 bits per heavy atom. The van der Waals surface area contributed by atoms with Gasteiger partial charge in [0.25, 0.3) is 0 Å². The third-order valence-electron chi connectivity index (χ3n) is 1.76. The van der Waals surface area contributed by atoms with Gasteiger partial charge in [-0.15, -0.1) is 5.10 Å². The zero-order chi connectivity index (χ0) is 12.3. The van der Waals surface area contributed by atoms with Crippen molar-refractivity contribution in [3.8, 4) is 0 Å². The minimum atomic E-state index is -0.893. The molecule has 0 aliphatic carbocycles. The summed E-state index contributed by atoms with van der Waals surface area (Å²) in [6.45, 7) is 5.62. The third kappa shape index (κ3) is 3.01. The number of rotatable bonds is 2. The number of hydrogen-bond acceptors (Lipinski definition) is 5. The summed E-state index contributed by atoms with van der Waals surface area (Å²) in [5, 5.41) is 12.9. The molecule has 8 heteroatoms. The predicted octanol–water partition coefficient (Wildman–Crippen LogP) is -0.834. The van der Waals surface area contributed by atoms with Crippen LogP contribution in [-0.4, -0.2) is 32.1 Å². The second-order valence-corrected chi connectivity index (χ2v) is 4.32. The molecule has 1 aromatic heterocycles. The highest BCUT2D eigenvalue weighted by molar-refractivity contribution is 5.93. The number of amides is 3. The van der Waals surface area contributed by atoms with Gasteiger partial charge in [0.1, 0.15) is 6.54 Å². The van der Waals surface area contributed by atoms with Gasteiger partial charge < -0.3 is 5.73 Å². The normalized spacial score (nSPS) is 11.2. The Kier molecular flexibility index (Phi) is 3.21. The van der Waals surface area contributed by atoms with Crippen LogP contribution in [0.4, 0.5) is 4.79 Å². The lowest BCUT2D eigenvalue weighted by molar-refractivity contribution is -0.120. The summed E-state index contributed by atoms with van der Waals surface area (Å²) in [6, 6.07) is -0.893. The minimum absolute atomic E-state index is 0.136. The number of nitrogens with two attached hydrogens (primary N) is 1. The number of aromatic nitrogens is 4. The standard InChI is InChI=1S/C8H14N6O2/c1-8(2,3)6-11-12-13-14(6)4-5(15)10-7(9)16/h4H2,1-3H3,(H3,9,10,15,16). The Labute approximate surface area is 92.2 Å². The molecular formula is C8H14N6O2. The van der Waals surface area contributed by atoms with Crippen molar-refractivity contribution in [1.82, 2.24) is 25.5 Å². The Balaban J connectivity index is 2.79. The molecule has 88 valence electrons. The molecule has 0 unspecified atom stereocenters. The molecule has 0 atom stereocenters. The fraction of sp³-hybridized carbons (Fsp3) is 0.625. The van der Waals surface area contributed by atoms with E-state index in [1.54, 1.807) is 0 Å². The van der Waals surface area contributed by atoms with Crippen LogP contribution >= 0.6 is 0 Å². The zero-order valence-corrected chi connectivity index (χ0v) is 9.39. The molecule has 1 heterocycles. The van der Waals surface area contributed by atoms with Gasteiger partial charge in [-0.3, -0.25) is 10.1 Å². The molecule has 0 aliphatic rings. The third-order valence-corrected chi connectivity index (χ3v) is 1.76. The maximum Gasteiger partial charge on any atom is 0.318 e. The van der Waals surface area contributed by atoms with Crippen molar-refractivity contribution >= 4 is 11.9 Å². The first kappa shape index (κ1) is 12.1. The monoisotopic (exact) mass is 226 g/mol. The quantitative estimate of drug-likeness (QED) is 0.682. The first-order valence-electron chi connectivity index (χ1n) is 4.66. The van der Waals surface area contributed by atoms with E-state index >= 15 is 0 Å². The summed E-state index contributed by atoms with van der Waals surface area (Å²) in [7, 11) is 0. The molecule has 0 saturated carbocycles. The molecule has 0 fully saturated rings. The molecule has 0 spiro atoms. The average molecular weight is 226 g/mol. The van der Waals surface area contributed by atoms with Crippen molar-refractivity contribution in [3.63, 3.8) is 0 Å². The number of urea groups is 1. The molecule has 1 aromatic rings. The smallest absolute Gasteiger partial charge is 0.318 e. The fourth-order valence-electron chi connectivity index (χ4n) is 1.16. The number of carbonyl (C=O) groups is 2. The highest BCUT2D eigenvalue weighted by Gasteiger charge is 2.23. The number of primary amides is 1. The first-order chi connectivity index (χ1) is 7.30. The van der Waals surface area contributed by atoms with E-state index in [0.29, 0.717) is 5.82 Å². The molecule has 0 radical (unpaired) electrons. The topological polar surface area (TPSA) is 116 Å². The summed E-state index contributed by atoms with van der Waals surface area (Å²) in [4.78, 5) is 21.7. The summed E-state index contributed by atoms with van der Waals surface area (Å²) in [6.07, 6.45) is 0. The van der Waals surface area contributed by atoms with E-state index in [2.05, 4.69) is 15.5 Å². The SMILES string of the molecule is CC(C)(C)c1nnnn1CC(=O)NC(N)=O. The second kappa shape index (κ2) is 4.25. The maximum absolute atomic E-state index is 11.3. The van der Waals surface area contributed by atoms with Crippen LogP contribution in [0.2, 0.25) is 0 Å². The molecular weight excluding hydrogens is 212 g/mol. The molecule has 0 bridgehead atoms. The number of hydrogen-bond donors (Lipinski definition) is 2. The van der Waals surface area contributed by atoms with Gasteiger partial charge in [0.05, 0.1) is 0 Å². The largest absolute Gasteiger partial charge is 0.351 e. The molecule has 3 amide bonds. The van der Waals surface area contributed by atoms with Gasteiger partial charge in [-0.1, -0.05) is 20.8 Å². The lowest BCUT2D eigenvalue weighted by Gasteiger charge is -2.16. The van der Waals surface area contributed by atoms with Crippen LogP contribution in [-0.2, 0) is 16.8 Å². The minimum Gasteiger partial charge on any atom is -0.351 e. The van der Waals surface area contributed by atoms with E-state index in [1.165, 1.54) is 4.68 Å². The van der Waals surface area contributed by atoms with Crippen LogP contribution in [0.1, 0.15) is 26.6 Å². The molecule has 16 heavy (non-hydrogen) atoms. The average Bonchev–Trinajstić information content (AvgIpc) is 2.48. The van der Waals surface area contributed by atoms with E-state index in [9.17, 15) is 9.59 Å². The molecule has 0 aromatic carbocycles. The Morgan fingerprint density at radius 3 is 2.56 bits per heavy atom. The fourth-order valence-corrected chi connectivity index (χ4v) is 1.16. The molecule has 3 N–H and O–H groups in total. The van der Waals surface area contributed by atoms with Crippen LogP contribution in [0.15, 0.2) is 0 Å². The second-order valence-electron chi connectivity index (χ2n) is 4.32. The summed E-state index contributed by atoms with van der Waals surface area (Å²) in [5.41, 5.74) is 4.53. The molecule has 8 nitrogen and oxygen atoms in total. The van der Waals surface area contributed by atoms with Gasteiger partial charge in [-0.05, 0) is 10.4 Å².